The van der Waals surface area contributed by atoms with Crippen LogP contribution in [-0.2, 0) is 16.0 Å². The summed E-state index contributed by atoms with van der Waals surface area (Å²) < 4.78 is 9.62. The molecule has 0 aromatic carbocycles. The Hall–Kier alpha value is -1.03. The molecule has 0 aliphatic heterocycles. The Bertz CT molecular complexity index is 293. The molecule has 0 unspecified atom stereocenters. The molecule has 1 aromatic heterocycles. The van der Waals surface area contributed by atoms with Crippen molar-refractivity contribution in [3.63, 3.8) is 0 Å². The molecule has 0 N–H and O–H groups in total. The molecule has 14 heavy (non-hydrogen) atoms. The van der Waals surface area contributed by atoms with Gasteiger partial charge in [-0.25, -0.2) is 0 Å². The summed E-state index contributed by atoms with van der Waals surface area (Å²) in [5, 5.41) is 0.915. The van der Waals surface area contributed by atoms with Crippen LogP contribution >= 0.6 is 11.3 Å². The Balaban J connectivity index is 2.27. The summed E-state index contributed by atoms with van der Waals surface area (Å²) in [6, 6.07) is 3.97. The second-order valence-electron chi connectivity index (χ2n) is 2.85. The molecule has 0 saturated heterocycles. The highest BCUT2D eigenvalue weighted by Crippen LogP contribution is 2.24. The lowest BCUT2D eigenvalue weighted by Crippen LogP contribution is -1.99. The second-order valence-corrected chi connectivity index (χ2v) is 3.99. The van der Waals surface area contributed by atoms with E-state index in [9.17, 15) is 4.79 Å². The lowest BCUT2D eigenvalue weighted by molar-refractivity contribution is -0.140. The number of thiophene rings is 1. The molecule has 1 aromatic rings. The highest BCUT2D eigenvalue weighted by molar-refractivity contribution is 7.13. The van der Waals surface area contributed by atoms with Gasteiger partial charge >= 0.3 is 5.97 Å². The molecule has 0 aliphatic rings. The molecule has 0 atom stereocenters. The molecule has 3 nitrogen and oxygen atoms in total. The maximum atomic E-state index is 10.8. The number of carbonyl (C=O) groups is 1. The number of hydrogen-bond donors (Lipinski definition) is 0. The molecule has 0 bridgehead atoms. The third kappa shape index (κ3) is 3.38. The van der Waals surface area contributed by atoms with Gasteiger partial charge in [-0.15, -0.1) is 11.3 Å². The van der Waals surface area contributed by atoms with E-state index in [-0.39, 0.29) is 5.97 Å². The predicted octanol–water partition coefficient (Wildman–Crippen LogP) is 2.25. The largest absolute Gasteiger partial charge is 0.487 e. The number of methoxy groups -OCH3 is 2. The number of carbonyl (C=O) groups excluding carboxylic acids is 1. The van der Waals surface area contributed by atoms with Crippen LogP contribution in [0.5, 0.6) is 5.06 Å². The monoisotopic (exact) mass is 214 g/mol. The van der Waals surface area contributed by atoms with E-state index in [4.69, 9.17) is 4.74 Å². The molecule has 0 aliphatic carbocycles. The van der Waals surface area contributed by atoms with Crippen molar-refractivity contribution in [2.24, 2.45) is 0 Å². The first-order valence-corrected chi connectivity index (χ1v) is 5.27. The van der Waals surface area contributed by atoms with Gasteiger partial charge in [-0.2, -0.15) is 0 Å². The number of hydrogen-bond acceptors (Lipinski definition) is 4. The smallest absolute Gasteiger partial charge is 0.305 e. The summed E-state index contributed by atoms with van der Waals surface area (Å²) in [7, 11) is 3.07. The van der Waals surface area contributed by atoms with Crippen LogP contribution in [0.3, 0.4) is 0 Å². The van der Waals surface area contributed by atoms with E-state index in [1.54, 1.807) is 18.4 Å². The Morgan fingerprint density at radius 2 is 2.21 bits per heavy atom. The van der Waals surface area contributed by atoms with Crippen molar-refractivity contribution in [3.05, 3.63) is 17.0 Å². The topological polar surface area (TPSA) is 35.5 Å². The zero-order valence-corrected chi connectivity index (χ0v) is 9.23. The normalized spacial score (nSPS) is 9.86. The van der Waals surface area contributed by atoms with E-state index < -0.39 is 0 Å². The van der Waals surface area contributed by atoms with Crippen molar-refractivity contribution < 1.29 is 14.3 Å². The zero-order valence-electron chi connectivity index (χ0n) is 8.41. The molecular weight excluding hydrogens is 200 g/mol. The Labute approximate surface area is 87.7 Å². The van der Waals surface area contributed by atoms with Crippen molar-refractivity contribution in [2.75, 3.05) is 14.2 Å². The highest BCUT2D eigenvalue weighted by atomic mass is 32.1. The van der Waals surface area contributed by atoms with Gasteiger partial charge in [0.1, 0.15) is 0 Å². The van der Waals surface area contributed by atoms with Crippen molar-refractivity contribution >= 4 is 17.3 Å². The van der Waals surface area contributed by atoms with Crippen LogP contribution < -0.4 is 4.74 Å². The third-order valence-corrected chi connectivity index (χ3v) is 2.98. The minimum atomic E-state index is -0.145. The average molecular weight is 214 g/mol. The van der Waals surface area contributed by atoms with Gasteiger partial charge in [0.05, 0.1) is 14.2 Å². The second kappa shape index (κ2) is 5.65. The third-order valence-electron chi connectivity index (χ3n) is 1.87. The van der Waals surface area contributed by atoms with Crippen LogP contribution in [0.2, 0.25) is 0 Å². The molecule has 0 amide bonds. The Kier molecular flexibility index (Phi) is 4.46. The highest BCUT2D eigenvalue weighted by Gasteiger charge is 2.03. The molecular formula is C10H14O3S. The Morgan fingerprint density at radius 3 is 2.79 bits per heavy atom. The van der Waals surface area contributed by atoms with Gasteiger partial charge in [-0.3, -0.25) is 4.79 Å². The molecule has 4 heteroatoms. The molecule has 1 rings (SSSR count). The number of esters is 1. The minimum Gasteiger partial charge on any atom is -0.487 e. The number of ether oxygens (including phenoxy) is 2. The van der Waals surface area contributed by atoms with E-state index >= 15 is 0 Å². The maximum Gasteiger partial charge on any atom is 0.305 e. The van der Waals surface area contributed by atoms with E-state index in [1.807, 2.05) is 12.1 Å². The number of rotatable bonds is 5. The lowest BCUT2D eigenvalue weighted by atomic mass is 10.2. The minimum absolute atomic E-state index is 0.145. The van der Waals surface area contributed by atoms with Gasteiger partial charge in [0.25, 0.3) is 0 Å². The van der Waals surface area contributed by atoms with Crippen LogP contribution in [0.25, 0.3) is 0 Å². The van der Waals surface area contributed by atoms with Crippen LogP contribution in [0.4, 0.5) is 0 Å². The molecule has 0 spiro atoms. The van der Waals surface area contributed by atoms with Crippen LogP contribution in [0.1, 0.15) is 17.7 Å². The SMILES string of the molecule is COC(=O)CCCc1ccc(OC)s1. The summed E-state index contributed by atoms with van der Waals surface area (Å²) in [6.07, 6.45) is 2.22. The van der Waals surface area contributed by atoms with E-state index in [2.05, 4.69) is 4.74 Å². The standard InChI is InChI=1S/C10H14O3S/c1-12-9(11)5-3-4-8-6-7-10(13-2)14-8/h6-7H,3-5H2,1-2H3. The summed E-state index contributed by atoms with van der Waals surface area (Å²) >= 11 is 1.62. The van der Waals surface area contributed by atoms with Crippen molar-refractivity contribution in [1.82, 2.24) is 0 Å². The fourth-order valence-corrected chi connectivity index (χ4v) is 1.97. The fourth-order valence-electron chi connectivity index (χ4n) is 1.11. The molecule has 0 fully saturated rings. The fraction of sp³-hybridized carbons (Fsp3) is 0.500. The summed E-state index contributed by atoms with van der Waals surface area (Å²) in [4.78, 5) is 12.1. The van der Waals surface area contributed by atoms with Gasteiger partial charge < -0.3 is 9.47 Å². The van der Waals surface area contributed by atoms with Crippen LogP contribution in [0, 0.1) is 0 Å². The zero-order chi connectivity index (χ0) is 10.4. The van der Waals surface area contributed by atoms with Gasteiger partial charge in [0.15, 0.2) is 5.06 Å². The van der Waals surface area contributed by atoms with E-state index in [1.165, 1.54) is 12.0 Å². The molecule has 0 saturated carbocycles. The van der Waals surface area contributed by atoms with E-state index in [0.29, 0.717) is 6.42 Å². The maximum absolute atomic E-state index is 10.8. The summed E-state index contributed by atoms with van der Waals surface area (Å²) in [6.45, 7) is 0. The van der Waals surface area contributed by atoms with Crippen molar-refractivity contribution in [2.45, 2.75) is 19.3 Å². The van der Waals surface area contributed by atoms with Gasteiger partial charge in [-0.1, -0.05) is 0 Å². The lowest BCUT2D eigenvalue weighted by Gasteiger charge is -1.97. The quantitative estimate of drug-likeness (QED) is 0.705. The summed E-state index contributed by atoms with van der Waals surface area (Å²) in [5.74, 6) is -0.145. The summed E-state index contributed by atoms with van der Waals surface area (Å²) in [5.41, 5.74) is 0. The first-order valence-electron chi connectivity index (χ1n) is 4.45. The first-order chi connectivity index (χ1) is 6.76. The van der Waals surface area contributed by atoms with Gasteiger partial charge in [0.2, 0.25) is 0 Å². The average Bonchev–Trinajstić information content (AvgIpc) is 2.65. The molecule has 1 heterocycles. The van der Waals surface area contributed by atoms with Crippen LogP contribution in [0.15, 0.2) is 12.1 Å². The Morgan fingerprint density at radius 1 is 1.43 bits per heavy atom. The van der Waals surface area contributed by atoms with Crippen LogP contribution in [-0.4, -0.2) is 20.2 Å². The van der Waals surface area contributed by atoms with Gasteiger partial charge in [-0.05, 0) is 25.0 Å². The van der Waals surface area contributed by atoms with E-state index in [0.717, 1.165) is 17.9 Å². The molecule has 0 radical (unpaired) electrons. The van der Waals surface area contributed by atoms with Crippen molar-refractivity contribution in [3.8, 4) is 5.06 Å². The molecule has 78 valence electrons. The first kappa shape index (κ1) is 11.0. The predicted molar refractivity (Wildman–Crippen MR) is 55.8 cm³/mol. The van der Waals surface area contributed by atoms with Crippen molar-refractivity contribution in [1.29, 1.82) is 0 Å². The number of aryl methyl sites for hydroxylation is 1. The van der Waals surface area contributed by atoms with Gasteiger partial charge in [0, 0.05) is 11.3 Å².